The first kappa shape index (κ1) is 21.5. The second kappa shape index (κ2) is 9.05. The van der Waals surface area contributed by atoms with Crippen molar-refractivity contribution in [3.8, 4) is 0 Å². The first-order valence-electron chi connectivity index (χ1n) is 9.89. The third-order valence-electron chi connectivity index (χ3n) is 5.21. The number of sulfonamides is 1. The number of amides is 1. The normalized spacial score (nSPS) is 20.4. The van der Waals surface area contributed by atoms with Crippen molar-refractivity contribution in [2.75, 3.05) is 19.6 Å². The molecule has 156 valence electrons. The fraction of sp³-hybridized carbons (Fsp3) is 0.409. The van der Waals surface area contributed by atoms with Gasteiger partial charge in [-0.2, -0.15) is 4.31 Å². The summed E-state index contributed by atoms with van der Waals surface area (Å²) in [5.74, 6) is -0.0737. The molecular formula is C22H27FN2O3S. The van der Waals surface area contributed by atoms with Crippen molar-refractivity contribution in [2.24, 2.45) is 11.8 Å². The molecule has 1 saturated heterocycles. The van der Waals surface area contributed by atoms with E-state index in [1.165, 1.54) is 22.5 Å². The van der Waals surface area contributed by atoms with Crippen LogP contribution in [0.2, 0.25) is 0 Å². The zero-order valence-electron chi connectivity index (χ0n) is 16.8. The van der Waals surface area contributed by atoms with Crippen LogP contribution in [0.5, 0.6) is 0 Å². The number of carbonyl (C=O) groups is 1. The Bertz CT molecular complexity index is 968. The van der Waals surface area contributed by atoms with Crippen molar-refractivity contribution in [3.05, 3.63) is 65.5 Å². The molecule has 0 aliphatic carbocycles. The second-order valence-electron chi connectivity index (χ2n) is 7.89. The summed E-state index contributed by atoms with van der Waals surface area (Å²) in [7, 11) is -3.65. The molecule has 0 saturated carbocycles. The lowest BCUT2D eigenvalue weighted by Crippen LogP contribution is -2.42. The highest BCUT2D eigenvalue weighted by atomic mass is 32.2. The van der Waals surface area contributed by atoms with Gasteiger partial charge in [-0.05, 0) is 54.5 Å². The van der Waals surface area contributed by atoms with E-state index in [4.69, 9.17) is 0 Å². The van der Waals surface area contributed by atoms with Crippen LogP contribution in [0.4, 0.5) is 4.39 Å². The van der Waals surface area contributed by atoms with Crippen LogP contribution in [0.25, 0.3) is 0 Å². The molecule has 3 rings (SSSR count). The van der Waals surface area contributed by atoms with Crippen LogP contribution in [0.1, 0.15) is 36.2 Å². The molecule has 1 amide bonds. The fourth-order valence-corrected chi connectivity index (χ4v) is 5.59. The van der Waals surface area contributed by atoms with Crippen LogP contribution in [-0.2, 0) is 16.4 Å². The van der Waals surface area contributed by atoms with E-state index in [2.05, 4.69) is 19.2 Å². The maximum atomic E-state index is 13.7. The number of nitrogens with one attached hydrogen (secondary N) is 1. The summed E-state index contributed by atoms with van der Waals surface area (Å²) in [6.07, 6.45) is 1.37. The molecule has 1 heterocycles. The minimum atomic E-state index is -3.65. The lowest BCUT2D eigenvalue weighted by atomic mass is 9.94. The van der Waals surface area contributed by atoms with E-state index in [1.807, 2.05) is 0 Å². The van der Waals surface area contributed by atoms with Crippen LogP contribution in [0.15, 0.2) is 53.4 Å². The molecule has 0 aromatic heterocycles. The van der Waals surface area contributed by atoms with Crippen LogP contribution >= 0.6 is 0 Å². The smallest absolute Gasteiger partial charge is 0.251 e. The molecule has 2 atom stereocenters. The molecule has 1 fully saturated rings. The van der Waals surface area contributed by atoms with E-state index in [0.29, 0.717) is 36.9 Å². The fourth-order valence-electron chi connectivity index (χ4n) is 3.86. The van der Waals surface area contributed by atoms with Crippen molar-refractivity contribution in [1.29, 1.82) is 0 Å². The van der Waals surface area contributed by atoms with Gasteiger partial charge in [-0.25, -0.2) is 12.8 Å². The first-order valence-corrected chi connectivity index (χ1v) is 11.3. The molecule has 1 aliphatic heterocycles. The third kappa shape index (κ3) is 5.22. The van der Waals surface area contributed by atoms with Gasteiger partial charge in [-0.15, -0.1) is 0 Å². The van der Waals surface area contributed by atoms with Crippen molar-refractivity contribution >= 4 is 15.9 Å². The van der Waals surface area contributed by atoms with Gasteiger partial charge in [-0.3, -0.25) is 4.79 Å². The average Bonchev–Trinajstić information content (AvgIpc) is 2.68. The van der Waals surface area contributed by atoms with Gasteiger partial charge in [0, 0.05) is 25.2 Å². The monoisotopic (exact) mass is 418 g/mol. The molecule has 0 spiro atoms. The van der Waals surface area contributed by atoms with Crippen LogP contribution < -0.4 is 5.32 Å². The van der Waals surface area contributed by atoms with E-state index in [0.717, 1.165) is 6.42 Å². The predicted octanol–water partition coefficient (Wildman–Crippen LogP) is 3.46. The van der Waals surface area contributed by atoms with Crippen LogP contribution in [-0.4, -0.2) is 38.3 Å². The summed E-state index contributed by atoms with van der Waals surface area (Å²) >= 11 is 0. The van der Waals surface area contributed by atoms with Crippen molar-refractivity contribution in [3.63, 3.8) is 0 Å². The number of piperidine rings is 1. The molecule has 5 nitrogen and oxygen atoms in total. The van der Waals surface area contributed by atoms with E-state index in [9.17, 15) is 17.6 Å². The van der Waals surface area contributed by atoms with E-state index in [-0.39, 0.29) is 28.7 Å². The molecule has 2 unspecified atom stereocenters. The number of rotatable bonds is 6. The highest BCUT2D eigenvalue weighted by Crippen LogP contribution is 2.27. The number of hydrogen-bond donors (Lipinski definition) is 1. The van der Waals surface area contributed by atoms with E-state index < -0.39 is 10.0 Å². The van der Waals surface area contributed by atoms with Gasteiger partial charge >= 0.3 is 0 Å². The summed E-state index contributed by atoms with van der Waals surface area (Å²) < 4.78 is 41.3. The lowest BCUT2D eigenvalue weighted by molar-refractivity contribution is 0.0953. The van der Waals surface area contributed by atoms with E-state index in [1.54, 1.807) is 30.3 Å². The molecular weight excluding hydrogens is 391 g/mol. The summed E-state index contributed by atoms with van der Waals surface area (Å²) in [5, 5.41) is 2.73. The second-order valence-corrected chi connectivity index (χ2v) is 9.83. The average molecular weight is 419 g/mol. The van der Waals surface area contributed by atoms with Gasteiger partial charge in [0.05, 0.1) is 4.90 Å². The Labute approximate surface area is 172 Å². The Morgan fingerprint density at radius 1 is 1.10 bits per heavy atom. The highest BCUT2D eigenvalue weighted by molar-refractivity contribution is 7.89. The molecule has 7 heteroatoms. The number of hydrogen-bond acceptors (Lipinski definition) is 3. The maximum absolute atomic E-state index is 13.7. The molecule has 0 bridgehead atoms. The van der Waals surface area contributed by atoms with Crippen LogP contribution in [0.3, 0.4) is 0 Å². The van der Waals surface area contributed by atoms with Crippen molar-refractivity contribution in [2.45, 2.75) is 31.6 Å². The molecule has 2 aromatic rings. The topological polar surface area (TPSA) is 66.5 Å². The zero-order chi connectivity index (χ0) is 21.0. The Morgan fingerprint density at radius 2 is 1.79 bits per heavy atom. The third-order valence-corrected chi connectivity index (χ3v) is 7.03. The van der Waals surface area contributed by atoms with Crippen molar-refractivity contribution in [1.82, 2.24) is 9.62 Å². The Morgan fingerprint density at radius 3 is 2.48 bits per heavy atom. The largest absolute Gasteiger partial charge is 0.352 e. The summed E-state index contributed by atoms with van der Waals surface area (Å²) in [6, 6.07) is 12.5. The first-order chi connectivity index (χ1) is 13.8. The maximum Gasteiger partial charge on any atom is 0.251 e. The number of halogens is 1. The highest BCUT2D eigenvalue weighted by Gasteiger charge is 2.31. The molecule has 0 radical (unpaired) electrons. The van der Waals surface area contributed by atoms with Gasteiger partial charge in [0.1, 0.15) is 5.82 Å². The molecule has 29 heavy (non-hydrogen) atoms. The van der Waals surface area contributed by atoms with E-state index >= 15 is 0 Å². The van der Waals surface area contributed by atoms with Gasteiger partial charge in [0.2, 0.25) is 10.0 Å². The Balaban J connectivity index is 1.68. The molecule has 1 N–H and O–H groups in total. The predicted molar refractivity (Wildman–Crippen MR) is 111 cm³/mol. The minimum absolute atomic E-state index is 0.126. The van der Waals surface area contributed by atoms with Gasteiger partial charge in [0.15, 0.2) is 0 Å². The Hall–Kier alpha value is -2.25. The van der Waals surface area contributed by atoms with Gasteiger partial charge in [-0.1, -0.05) is 38.1 Å². The minimum Gasteiger partial charge on any atom is -0.352 e. The molecule has 2 aromatic carbocycles. The van der Waals surface area contributed by atoms with Crippen molar-refractivity contribution < 1.29 is 17.6 Å². The summed E-state index contributed by atoms with van der Waals surface area (Å²) in [4.78, 5) is 12.6. The van der Waals surface area contributed by atoms with Gasteiger partial charge < -0.3 is 5.32 Å². The standard InChI is InChI=1S/C22H27FN2O3S/c1-16-12-17(2)15-25(14-16)29(27,28)20-8-5-7-19(13-20)22(26)24-11-10-18-6-3-4-9-21(18)23/h3-9,13,16-17H,10-12,14-15H2,1-2H3,(H,24,26). The number of benzene rings is 2. The van der Waals surface area contributed by atoms with Crippen LogP contribution in [0, 0.1) is 17.7 Å². The zero-order valence-corrected chi connectivity index (χ0v) is 17.6. The molecule has 1 aliphatic rings. The lowest BCUT2D eigenvalue weighted by Gasteiger charge is -2.34. The number of carbonyl (C=O) groups excluding carboxylic acids is 1. The summed E-state index contributed by atoms with van der Waals surface area (Å²) in [5.41, 5.74) is 0.801. The quantitative estimate of drug-likeness (QED) is 0.781. The van der Waals surface area contributed by atoms with Gasteiger partial charge in [0.25, 0.3) is 5.91 Å². The SMILES string of the molecule is CC1CC(C)CN(S(=O)(=O)c2cccc(C(=O)NCCc3ccccc3F)c2)C1. The Kier molecular flexibility index (Phi) is 6.70. The number of nitrogens with zero attached hydrogens (tertiary/aromatic N) is 1. The summed E-state index contributed by atoms with van der Waals surface area (Å²) in [6.45, 7) is 5.35.